The van der Waals surface area contributed by atoms with Gasteiger partial charge >= 0.3 is 12.4 Å². The zero-order valence-corrected chi connectivity index (χ0v) is 16.9. The summed E-state index contributed by atoms with van der Waals surface area (Å²) in [7, 11) is -4.50. The van der Waals surface area contributed by atoms with Gasteiger partial charge in [-0.2, -0.15) is 26.3 Å². The lowest BCUT2D eigenvalue weighted by Gasteiger charge is -2.35. The number of carbonyl (C=O) groups is 1. The zero-order chi connectivity index (χ0) is 23.8. The Kier molecular flexibility index (Phi) is 6.26. The highest BCUT2D eigenvalue weighted by Gasteiger charge is 2.52. The Balaban J connectivity index is 1.94. The minimum absolute atomic E-state index is 0.117. The van der Waals surface area contributed by atoms with Crippen molar-refractivity contribution in [3.63, 3.8) is 0 Å². The summed E-state index contributed by atoms with van der Waals surface area (Å²) in [5, 5.41) is 2.21. The van der Waals surface area contributed by atoms with E-state index in [2.05, 4.69) is 10.3 Å². The number of halogens is 6. The highest BCUT2D eigenvalue weighted by atomic mass is 32.2. The fraction of sp³-hybridized carbons (Fsp3) is 0.368. The van der Waals surface area contributed by atoms with E-state index in [-0.39, 0.29) is 31.9 Å². The van der Waals surface area contributed by atoms with Crippen LogP contribution >= 0.6 is 0 Å². The maximum Gasteiger partial charge on any atom is 0.417 e. The molecule has 1 saturated heterocycles. The lowest BCUT2D eigenvalue weighted by atomic mass is 9.98. The van der Waals surface area contributed by atoms with Gasteiger partial charge in [0, 0.05) is 19.4 Å². The first kappa shape index (κ1) is 24.0. The van der Waals surface area contributed by atoms with Gasteiger partial charge < -0.3 is 10.1 Å². The second-order valence-electron chi connectivity index (χ2n) is 7.02. The number of pyridine rings is 1. The van der Waals surface area contributed by atoms with E-state index in [0.717, 1.165) is 18.2 Å². The number of anilines is 1. The van der Waals surface area contributed by atoms with E-state index >= 15 is 0 Å². The largest absolute Gasteiger partial charge is 0.417 e. The van der Waals surface area contributed by atoms with Crippen molar-refractivity contribution >= 4 is 21.6 Å². The molecule has 3 rings (SSSR count). The number of ether oxygens (including phenoxy) is 1. The molecular formula is C19H16F6N2O4S. The Bertz CT molecular complexity index is 1070. The average molecular weight is 482 g/mol. The molecule has 1 fully saturated rings. The fourth-order valence-electron chi connectivity index (χ4n) is 3.23. The van der Waals surface area contributed by atoms with Crippen LogP contribution in [0.4, 0.5) is 32.2 Å². The molecule has 32 heavy (non-hydrogen) atoms. The molecule has 1 aromatic carbocycles. The molecule has 0 unspecified atom stereocenters. The van der Waals surface area contributed by atoms with E-state index in [0.29, 0.717) is 24.4 Å². The number of nitrogens with one attached hydrogen (secondary N) is 1. The lowest BCUT2D eigenvalue weighted by Crippen LogP contribution is -2.53. The second kappa shape index (κ2) is 8.35. The summed E-state index contributed by atoms with van der Waals surface area (Å²) in [5.74, 6) is -1.37. The Morgan fingerprint density at radius 1 is 0.906 bits per heavy atom. The topological polar surface area (TPSA) is 85.4 Å². The highest BCUT2D eigenvalue weighted by molar-refractivity contribution is 7.93. The number of sulfone groups is 1. The second-order valence-corrected chi connectivity index (χ2v) is 9.28. The summed E-state index contributed by atoms with van der Waals surface area (Å²) in [6, 6.07) is 4.25. The molecule has 1 N–H and O–H groups in total. The van der Waals surface area contributed by atoms with Gasteiger partial charge in [-0.05, 0) is 49.2 Å². The van der Waals surface area contributed by atoms with Crippen LogP contribution in [-0.2, 0) is 31.7 Å². The Hall–Kier alpha value is -2.67. The molecule has 2 aromatic rings. The van der Waals surface area contributed by atoms with Crippen LogP contribution in [0.1, 0.15) is 24.0 Å². The maximum atomic E-state index is 13.3. The first-order chi connectivity index (χ1) is 14.8. The Labute approximate surface area is 178 Å². The number of alkyl halides is 6. The van der Waals surface area contributed by atoms with Gasteiger partial charge in [-0.3, -0.25) is 4.79 Å². The van der Waals surface area contributed by atoms with Gasteiger partial charge in [0.1, 0.15) is 5.82 Å². The highest BCUT2D eigenvalue weighted by Crippen LogP contribution is 2.38. The third-order valence-corrected chi connectivity index (χ3v) is 7.57. The van der Waals surface area contributed by atoms with Crippen LogP contribution < -0.4 is 5.32 Å². The van der Waals surface area contributed by atoms with Crippen LogP contribution in [0, 0.1) is 0 Å². The van der Waals surface area contributed by atoms with Gasteiger partial charge in [-0.1, -0.05) is 0 Å². The molecule has 0 saturated carbocycles. The van der Waals surface area contributed by atoms with E-state index in [4.69, 9.17) is 4.74 Å². The number of rotatable bonds is 4. The SMILES string of the molecule is O=C(Nc1ccc(C(F)(F)F)cn1)C1(S(=O)(=O)c2ccc(C(F)(F)F)cc2)CCOCC1. The first-order valence-corrected chi connectivity index (χ1v) is 10.6. The number of hydrogen-bond acceptors (Lipinski definition) is 5. The van der Waals surface area contributed by atoms with Crippen molar-refractivity contribution in [3.05, 3.63) is 53.7 Å². The third-order valence-electron chi connectivity index (χ3n) is 5.05. The van der Waals surface area contributed by atoms with Gasteiger partial charge in [-0.25, -0.2) is 13.4 Å². The fourth-order valence-corrected chi connectivity index (χ4v) is 5.18. The van der Waals surface area contributed by atoms with Crippen molar-refractivity contribution in [1.82, 2.24) is 4.98 Å². The number of hydrogen-bond donors (Lipinski definition) is 1. The van der Waals surface area contributed by atoms with Crippen LogP contribution in [0.15, 0.2) is 47.5 Å². The summed E-state index contributed by atoms with van der Waals surface area (Å²) in [6.45, 7) is -0.235. The van der Waals surface area contributed by atoms with Crippen LogP contribution in [0.3, 0.4) is 0 Å². The molecule has 0 bridgehead atoms. The van der Waals surface area contributed by atoms with Crippen molar-refractivity contribution in [3.8, 4) is 0 Å². The van der Waals surface area contributed by atoms with E-state index in [1.54, 1.807) is 0 Å². The molecule has 6 nitrogen and oxygen atoms in total. The van der Waals surface area contributed by atoms with Gasteiger partial charge in [0.05, 0.1) is 16.0 Å². The van der Waals surface area contributed by atoms with Crippen molar-refractivity contribution in [1.29, 1.82) is 0 Å². The molecule has 1 aliphatic rings. The average Bonchev–Trinajstić information content (AvgIpc) is 2.73. The predicted molar refractivity (Wildman–Crippen MR) is 99.3 cm³/mol. The van der Waals surface area contributed by atoms with E-state index in [1.807, 2.05) is 0 Å². The normalized spacial score (nSPS) is 17.1. The van der Waals surface area contributed by atoms with Gasteiger partial charge in [0.25, 0.3) is 0 Å². The minimum Gasteiger partial charge on any atom is -0.381 e. The molecule has 1 amide bonds. The molecule has 174 valence electrons. The molecule has 0 spiro atoms. The molecule has 13 heteroatoms. The molecule has 0 atom stereocenters. The summed E-state index contributed by atoms with van der Waals surface area (Å²) in [4.78, 5) is 16.0. The van der Waals surface area contributed by atoms with Gasteiger partial charge in [0.15, 0.2) is 14.6 Å². The molecular weight excluding hydrogens is 466 g/mol. The van der Waals surface area contributed by atoms with Crippen molar-refractivity contribution in [2.45, 2.75) is 34.8 Å². The van der Waals surface area contributed by atoms with Crippen molar-refractivity contribution < 1.29 is 44.3 Å². The Morgan fingerprint density at radius 2 is 1.44 bits per heavy atom. The zero-order valence-electron chi connectivity index (χ0n) is 16.1. The summed E-state index contributed by atoms with van der Waals surface area (Å²) < 4.78 is 106. The third kappa shape index (κ3) is 4.58. The van der Waals surface area contributed by atoms with Crippen molar-refractivity contribution in [2.75, 3.05) is 18.5 Å². The van der Waals surface area contributed by atoms with E-state index in [1.165, 1.54) is 0 Å². The number of nitrogens with zero attached hydrogens (tertiary/aromatic N) is 1. The summed E-state index contributed by atoms with van der Waals surface area (Å²) in [6.07, 6.45) is -9.45. The molecule has 0 radical (unpaired) electrons. The molecule has 2 heterocycles. The molecule has 1 aliphatic heterocycles. The summed E-state index contributed by atoms with van der Waals surface area (Å²) >= 11 is 0. The molecule has 0 aliphatic carbocycles. The maximum absolute atomic E-state index is 13.3. The van der Waals surface area contributed by atoms with Crippen molar-refractivity contribution in [2.24, 2.45) is 0 Å². The van der Waals surface area contributed by atoms with E-state index in [9.17, 15) is 39.6 Å². The minimum atomic E-state index is -4.68. The van der Waals surface area contributed by atoms with Crippen LogP contribution in [0.25, 0.3) is 0 Å². The predicted octanol–water partition coefficient (Wildman–Crippen LogP) is 4.08. The Morgan fingerprint density at radius 3 is 1.91 bits per heavy atom. The number of aromatic nitrogens is 1. The van der Waals surface area contributed by atoms with E-state index < -0.39 is 48.9 Å². The van der Waals surface area contributed by atoms with Crippen LogP contribution in [-0.4, -0.2) is 37.3 Å². The van der Waals surface area contributed by atoms with Crippen LogP contribution in [0.5, 0.6) is 0 Å². The monoisotopic (exact) mass is 482 g/mol. The smallest absolute Gasteiger partial charge is 0.381 e. The van der Waals surface area contributed by atoms with Gasteiger partial charge in [0.2, 0.25) is 5.91 Å². The number of carbonyl (C=O) groups excluding carboxylic acids is 1. The number of amides is 1. The molecule has 1 aromatic heterocycles. The number of benzene rings is 1. The first-order valence-electron chi connectivity index (χ1n) is 9.12. The quantitative estimate of drug-likeness (QED) is 0.664. The summed E-state index contributed by atoms with van der Waals surface area (Å²) in [5.41, 5.74) is -2.12. The van der Waals surface area contributed by atoms with Gasteiger partial charge in [-0.15, -0.1) is 0 Å². The lowest BCUT2D eigenvalue weighted by molar-refractivity contribution is -0.138. The standard InChI is InChI=1S/C19H16F6N2O4S/c20-18(21,22)12-1-4-14(5-2-12)32(29,30)17(7-9-31-10-8-17)16(28)27-15-6-3-13(11-26-15)19(23,24)25/h1-6,11H,7-10H2,(H,26,27,28). The van der Waals surface area contributed by atoms with Crippen LogP contribution in [0.2, 0.25) is 0 Å².